The fourth-order valence-corrected chi connectivity index (χ4v) is 4.73. The molecule has 26 heavy (non-hydrogen) atoms. The van der Waals surface area contributed by atoms with Crippen molar-refractivity contribution in [2.75, 3.05) is 19.6 Å². The molecule has 0 aliphatic carbocycles. The van der Waals surface area contributed by atoms with Gasteiger partial charge in [-0.25, -0.2) is 0 Å². The highest BCUT2D eigenvalue weighted by Gasteiger charge is 2.33. The summed E-state index contributed by atoms with van der Waals surface area (Å²) in [5.41, 5.74) is 1.13. The van der Waals surface area contributed by atoms with Crippen molar-refractivity contribution >= 4 is 16.8 Å². The molecule has 1 amide bonds. The maximum atomic E-state index is 12.9. The highest BCUT2D eigenvalue weighted by atomic mass is 16.2. The molecule has 2 aliphatic heterocycles. The number of rotatable bonds is 3. The van der Waals surface area contributed by atoms with Crippen molar-refractivity contribution in [1.82, 2.24) is 14.8 Å². The van der Waals surface area contributed by atoms with Crippen LogP contribution < -0.4 is 10.9 Å². The topological polar surface area (TPSA) is 54.3 Å². The number of carbonyl (C=O) groups excluding carboxylic acids is 1. The number of carbonyl (C=O) groups is 1. The SMILES string of the molecule is Cn1c(=O)cc(C(=O)NCC2CCCN3CCCCC23)c2ccccc21. The van der Waals surface area contributed by atoms with E-state index in [1.54, 1.807) is 11.6 Å². The molecule has 0 bridgehead atoms. The van der Waals surface area contributed by atoms with E-state index in [9.17, 15) is 9.59 Å². The van der Waals surface area contributed by atoms with Gasteiger partial charge in [0.2, 0.25) is 0 Å². The van der Waals surface area contributed by atoms with E-state index in [0.29, 0.717) is 24.1 Å². The number of hydrogen-bond donors (Lipinski definition) is 1. The van der Waals surface area contributed by atoms with Crippen LogP contribution in [0.1, 0.15) is 42.5 Å². The third-order valence-corrected chi connectivity index (χ3v) is 6.15. The van der Waals surface area contributed by atoms with E-state index >= 15 is 0 Å². The molecule has 1 aromatic carbocycles. The average molecular weight is 353 g/mol. The second-order valence-electron chi connectivity index (χ2n) is 7.68. The van der Waals surface area contributed by atoms with E-state index < -0.39 is 0 Å². The summed E-state index contributed by atoms with van der Waals surface area (Å²) in [7, 11) is 1.74. The van der Waals surface area contributed by atoms with E-state index in [2.05, 4.69) is 10.2 Å². The first-order valence-electron chi connectivity index (χ1n) is 9.76. The molecule has 5 heteroatoms. The van der Waals surface area contributed by atoms with Crippen LogP contribution in [-0.2, 0) is 7.05 Å². The van der Waals surface area contributed by atoms with Gasteiger partial charge in [-0.15, -0.1) is 0 Å². The first-order chi connectivity index (χ1) is 12.6. The molecule has 2 saturated heterocycles. The molecule has 2 atom stereocenters. The Balaban J connectivity index is 1.53. The van der Waals surface area contributed by atoms with Crippen molar-refractivity contribution in [3.63, 3.8) is 0 Å². The fourth-order valence-electron chi connectivity index (χ4n) is 4.73. The number of piperidine rings is 2. The number of aromatic nitrogens is 1. The summed E-state index contributed by atoms with van der Waals surface area (Å²) in [4.78, 5) is 27.7. The van der Waals surface area contributed by atoms with Gasteiger partial charge in [-0.05, 0) is 50.8 Å². The second kappa shape index (κ2) is 7.23. The molecule has 2 unspecified atom stereocenters. The number of nitrogens with zero attached hydrogens (tertiary/aromatic N) is 2. The quantitative estimate of drug-likeness (QED) is 0.923. The van der Waals surface area contributed by atoms with Gasteiger partial charge >= 0.3 is 0 Å². The minimum atomic E-state index is -0.148. The Hall–Kier alpha value is -2.14. The minimum absolute atomic E-state index is 0.133. The van der Waals surface area contributed by atoms with Gasteiger partial charge in [0.15, 0.2) is 0 Å². The predicted molar refractivity (Wildman–Crippen MR) is 103 cm³/mol. The number of aryl methyl sites for hydroxylation is 1. The summed E-state index contributed by atoms with van der Waals surface area (Å²) in [6, 6.07) is 9.67. The number of pyridine rings is 1. The molecule has 0 saturated carbocycles. The van der Waals surface area contributed by atoms with Gasteiger partial charge in [0.1, 0.15) is 0 Å². The standard InChI is InChI=1S/C21H27N3O2/c1-23-19-10-3-2-8-16(19)17(13-20(23)25)21(26)22-14-15-7-6-12-24-11-5-4-9-18(15)24/h2-3,8,10,13,15,18H,4-7,9,11-12,14H2,1H3,(H,22,26). The maximum Gasteiger partial charge on any atom is 0.252 e. The molecular weight excluding hydrogens is 326 g/mol. The Morgan fingerprint density at radius 2 is 1.96 bits per heavy atom. The lowest BCUT2D eigenvalue weighted by molar-refractivity contribution is 0.0576. The molecule has 4 rings (SSSR count). The van der Waals surface area contributed by atoms with Gasteiger partial charge in [-0.2, -0.15) is 0 Å². The van der Waals surface area contributed by atoms with E-state index in [-0.39, 0.29) is 11.5 Å². The third kappa shape index (κ3) is 3.16. The van der Waals surface area contributed by atoms with E-state index in [1.807, 2.05) is 24.3 Å². The zero-order chi connectivity index (χ0) is 18.1. The monoisotopic (exact) mass is 353 g/mol. The van der Waals surface area contributed by atoms with Gasteiger partial charge in [0.05, 0.1) is 11.1 Å². The number of nitrogens with one attached hydrogen (secondary N) is 1. The molecular formula is C21H27N3O2. The molecule has 0 spiro atoms. The maximum absolute atomic E-state index is 12.9. The first-order valence-corrected chi connectivity index (χ1v) is 9.76. The van der Waals surface area contributed by atoms with Crippen molar-refractivity contribution in [2.24, 2.45) is 13.0 Å². The van der Waals surface area contributed by atoms with Gasteiger partial charge in [0.25, 0.3) is 11.5 Å². The van der Waals surface area contributed by atoms with Gasteiger partial charge in [-0.1, -0.05) is 24.6 Å². The second-order valence-corrected chi connectivity index (χ2v) is 7.68. The third-order valence-electron chi connectivity index (χ3n) is 6.15. The van der Waals surface area contributed by atoms with E-state index in [0.717, 1.165) is 10.9 Å². The van der Waals surface area contributed by atoms with Crippen LogP contribution in [0.2, 0.25) is 0 Å². The predicted octanol–water partition coefficient (Wildman–Crippen LogP) is 2.53. The van der Waals surface area contributed by atoms with Gasteiger partial charge < -0.3 is 14.8 Å². The lowest BCUT2D eigenvalue weighted by atomic mass is 9.83. The molecule has 2 fully saturated rings. The zero-order valence-corrected chi connectivity index (χ0v) is 15.4. The number of hydrogen-bond acceptors (Lipinski definition) is 3. The van der Waals surface area contributed by atoms with Gasteiger partial charge in [-0.3, -0.25) is 9.59 Å². The lowest BCUT2D eigenvalue weighted by Crippen LogP contribution is -2.51. The van der Waals surface area contributed by atoms with Crippen LogP contribution in [0.5, 0.6) is 0 Å². The Morgan fingerprint density at radius 1 is 1.15 bits per heavy atom. The normalized spacial score (nSPS) is 23.6. The van der Waals surface area contributed by atoms with E-state index in [1.165, 1.54) is 51.3 Å². The Morgan fingerprint density at radius 3 is 2.85 bits per heavy atom. The van der Waals surface area contributed by atoms with Crippen molar-refractivity contribution in [3.05, 3.63) is 46.2 Å². The molecule has 3 heterocycles. The van der Waals surface area contributed by atoms with Crippen LogP contribution in [0.3, 0.4) is 0 Å². The molecule has 0 radical (unpaired) electrons. The molecule has 138 valence electrons. The number of para-hydroxylation sites is 1. The Bertz CT molecular complexity index is 871. The van der Waals surface area contributed by atoms with Crippen molar-refractivity contribution in [3.8, 4) is 0 Å². The molecule has 2 aliphatic rings. The van der Waals surface area contributed by atoms with Crippen LogP contribution >= 0.6 is 0 Å². The summed E-state index contributed by atoms with van der Waals surface area (Å²) < 4.78 is 1.59. The fraction of sp³-hybridized carbons (Fsp3) is 0.524. The Kier molecular flexibility index (Phi) is 4.81. The van der Waals surface area contributed by atoms with Crippen molar-refractivity contribution in [1.29, 1.82) is 0 Å². The molecule has 1 N–H and O–H groups in total. The zero-order valence-electron chi connectivity index (χ0n) is 15.4. The summed E-state index contributed by atoms with van der Waals surface area (Å²) in [5.74, 6) is 0.387. The summed E-state index contributed by atoms with van der Waals surface area (Å²) >= 11 is 0. The van der Waals surface area contributed by atoms with Crippen molar-refractivity contribution < 1.29 is 4.79 Å². The summed E-state index contributed by atoms with van der Waals surface area (Å²) in [6.07, 6.45) is 6.24. The average Bonchev–Trinajstić information content (AvgIpc) is 2.69. The van der Waals surface area contributed by atoms with Crippen LogP contribution in [-0.4, -0.2) is 41.1 Å². The Labute approximate surface area is 154 Å². The van der Waals surface area contributed by atoms with Crippen LogP contribution in [0.25, 0.3) is 10.9 Å². The number of amides is 1. The minimum Gasteiger partial charge on any atom is -0.352 e. The van der Waals surface area contributed by atoms with Crippen molar-refractivity contribution in [2.45, 2.75) is 38.1 Å². The molecule has 5 nitrogen and oxygen atoms in total. The van der Waals surface area contributed by atoms with Gasteiger partial charge in [0, 0.05) is 31.1 Å². The van der Waals surface area contributed by atoms with Crippen LogP contribution in [0.15, 0.2) is 35.1 Å². The number of benzene rings is 1. The highest BCUT2D eigenvalue weighted by molar-refractivity contribution is 6.06. The summed E-state index contributed by atoms with van der Waals surface area (Å²) in [6.45, 7) is 3.10. The van der Waals surface area contributed by atoms with Crippen LogP contribution in [0, 0.1) is 5.92 Å². The lowest BCUT2D eigenvalue weighted by Gasteiger charge is -2.44. The number of fused-ring (bicyclic) bond motifs is 2. The highest BCUT2D eigenvalue weighted by Crippen LogP contribution is 2.30. The molecule has 2 aromatic rings. The molecule has 1 aromatic heterocycles. The smallest absolute Gasteiger partial charge is 0.252 e. The first kappa shape index (κ1) is 17.3. The summed E-state index contributed by atoms with van der Waals surface area (Å²) in [5, 5.41) is 3.96. The van der Waals surface area contributed by atoms with Crippen LogP contribution in [0.4, 0.5) is 0 Å². The van der Waals surface area contributed by atoms with E-state index in [4.69, 9.17) is 0 Å². The largest absolute Gasteiger partial charge is 0.352 e.